The van der Waals surface area contributed by atoms with E-state index in [9.17, 15) is 18.0 Å². The predicted octanol–water partition coefficient (Wildman–Crippen LogP) is 0.903. The van der Waals surface area contributed by atoms with E-state index in [0.717, 1.165) is 25.7 Å². The average molecular weight is 379 g/mol. The summed E-state index contributed by atoms with van der Waals surface area (Å²) in [6.45, 7) is 2.56. The maximum atomic E-state index is 12.4. The van der Waals surface area contributed by atoms with Crippen LogP contribution in [0.2, 0.25) is 0 Å². The zero-order valence-corrected chi connectivity index (χ0v) is 15.6. The number of carbonyl (C=O) groups excluding carboxylic acids is 1. The molecule has 1 saturated heterocycles. The van der Waals surface area contributed by atoms with Crippen LogP contribution in [0.1, 0.15) is 39.0 Å². The van der Waals surface area contributed by atoms with Crippen molar-refractivity contribution in [3.8, 4) is 0 Å². The molecule has 0 aromatic rings. The number of sulfonamides is 1. The molecule has 24 heavy (non-hydrogen) atoms. The summed E-state index contributed by atoms with van der Waals surface area (Å²) in [5.74, 6) is -0.215. The lowest BCUT2D eigenvalue weighted by atomic mass is 9.88. The largest absolute Gasteiger partial charge is 0.481 e. The Balaban J connectivity index is 1.92. The standard InChI is InChI=1S/C15H26N2O5S2/c1-11-2-4-12(5-3-11)16-24(21,22)10-14(18)17-6-7-23-9-13(17)8-15(19)20/h11-13,16H,2-10H2,1H3,(H,19,20). The van der Waals surface area contributed by atoms with Crippen molar-refractivity contribution in [3.05, 3.63) is 0 Å². The molecule has 0 aromatic heterocycles. The fraction of sp³-hybridized carbons (Fsp3) is 0.867. The van der Waals surface area contributed by atoms with E-state index in [0.29, 0.717) is 24.0 Å². The topological polar surface area (TPSA) is 104 Å². The van der Waals surface area contributed by atoms with Gasteiger partial charge in [0.2, 0.25) is 15.9 Å². The minimum Gasteiger partial charge on any atom is -0.481 e. The Labute approximate surface area is 147 Å². The van der Waals surface area contributed by atoms with Crippen LogP contribution in [0.4, 0.5) is 0 Å². The van der Waals surface area contributed by atoms with Crippen LogP contribution in [0.15, 0.2) is 0 Å². The van der Waals surface area contributed by atoms with Gasteiger partial charge in [0.15, 0.2) is 0 Å². The summed E-state index contributed by atoms with van der Waals surface area (Å²) in [6.07, 6.45) is 3.44. The molecule has 0 bridgehead atoms. The summed E-state index contributed by atoms with van der Waals surface area (Å²) >= 11 is 1.59. The van der Waals surface area contributed by atoms with Crippen molar-refractivity contribution in [2.24, 2.45) is 5.92 Å². The number of hydrogen-bond donors (Lipinski definition) is 2. The van der Waals surface area contributed by atoms with Crippen molar-refractivity contribution < 1.29 is 23.1 Å². The van der Waals surface area contributed by atoms with Crippen LogP contribution < -0.4 is 4.72 Å². The summed E-state index contributed by atoms with van der Waals surface area (Å²) in [4.78, 5) is 24.8. The number of nitrogens with zero attached hydrogens (tertiary/aromatic N) is 1. The number of amides is 1. The molecule has 2 fully saturated rings. The minimum atomic E-state index is -3.69. The molecule has 2 aliphatic rings. The van der Waals surface area contributed by atoms with E-state index in [1.165, 1.54) is 4.90 Å². The highest BCUT2D eigenvalue weighted by atomic mass is 32.2. The van der Waals surface area contributed by atoms with Crippen LogP contribution in [0.3, 0.4) is 0 Å². The van der Waals surface area contributed by atoms with Gasteiger partial charge in [-0.15, -0.1) is 0 Å². The Morgan fingerprint density at radius 3 is 2.54 bits per heavy atom. The molecular formula is C15H26N2O5S2. The van der Waals surface area contributed by atoms with Gasteiger partial charge in [0.1, 0.15) is 5.75 Å². The lowest BCUT2D eigenvalue weighted by Gasteiger charge is -2.34. The first-order chi connectivity index (χ1) is 11.3. The van der Waals surface area contributed by atoms with Crippen LogP contribution in [0.5, 0.6) is 0 Å². The molecule has 1 saturated carbocycles. The number of carbonyl (C=O) groups is 2. The SMILES string of the molecule is CC1CCC(NS(=O)(=O)CC(=O)N2CCSCC2CC(=O)O)CC1. The summed E-state index contributed by atoms with van der Waals surface area (Å²) < 4.78 is 27.2. The Bertz CT molecular complexity index is 558. The van der Waals surface area contributed by atoms with Crippen molar-refractivity contribution in [3.63, 3.8) is 0 Å². The molecule has 1 atom stereocenters. The van der Waals surface area contributed by atoms with E-state index < -0.39 is 33.7 Å². The van der Waals surface area contributed by atoms with Gasteiger partial charge in [0, 0.05) is 24.1 Å². The van der Waals surface area contributed by atoms with E-state index in [4.69, 9.17) is 5.11 Å². The van der Waals surface area contributed by atoms with Crippen molar-refractivity contribution in [1.82, 2.24) is 9.62 Å². The van der Waals surface area contributed by atoms with Gasteiger partial charge in [0.25, 0.3) is 0 Å². The van der Waals surface area contributed by atoms with Gasteiger partial charge in [-0.3, -0.25) is 9.59 Å². The number of thioether (sulfide) groups is 1. The maximum absolute atomic E-state index is 12.4. The molecule has 0 aromatic carbocycles. The van der Waals surface area contributed by atoms with Gasteiger partial charge in [-0.05, 0) is 31.6 Å². The number of carboxylic acid groups (broad SMARTS) is 1. The molecule has 7 nitrogen and oxygen atoms in total. The summed E-state index contributed by atoms with van der Waals surface area (Å²) in [7, 11) is -3.69. The first kappa shape index (κ1) is 19.5. The zero-order chi connectivity index (χ0) is 17.7. The second kappa shape index (κ2) is 8.53. The van der Waals surface area contributed by atoms with Gasteiger partial charge in [-0.1, -0.05) is 6.92 Å². The Morgan fingerprint density at radius 1 is 1.25 bits per heavy atom. The Hall–Kier alpha value is -0.800. The molecule has 1 unspecified atom stereocenters. The molecule has 1 amide bonds. The summed E-state index contributed by atoms with van der Waals surface area (Å²) in [6, 6.07) is -0.523. The predicted molar refractivity (Wildman–Crippen MR) is 93.4 cm³/mol. The van der Waals surface area contributed by atoms with Crippen molar-refractivity contribution >= 4 is 33.7 Å². The molecule has 1 heterocycles. The smallest absolute Gasteiger partial charge is 0.305 e. The van der Waals surface area contributed by atoms with Crippen LogP contribution >= 0.6 is 11.8 Å². The lowest BCUT2D eigenvalue weighted by molar-refractivity contribution is -0.139. The molecule has 2 N–H and O–H groups in total. The van der Waals surface area contributed by atoms with E-state index in [1.807, 2.05) is 0 Å². The average Bonchev–Trinajstić information content (AvgIpc) is 2.48. The first-order valence-corrected chi connectivity index (χ1v) is 11.2. The number of rotatable bonds is 6. The third kappa shape index (κ3) is 5.93. The monoisotopic (exact) mass is 378 g/mol. The molecular weight excluding hydrogens is 352 g/mol. The summed E-state index contributed by atoms with van der Waals surface area (Å²) in [5.41, 5.74) is 0. The first-order valence-electron chi connectivity index (χ1n) is 8.36. The van der Waals surface area contributed by atoms with Crippen LogP contribution in [-0.2, 0) is 19.6 Å². The lowest BCUT2D eigenvalue weighted by Crippen LogP contribution is -2.50. The zero-order valence-electron chi connectivity index (χ0n) is 13.9. The number of carboxylic acids is 1. The highest BCUT2D eigenvalue weighted by Crippen LogP contribution is 2.24. The molecule has 0 radical (unpaired) electrons. The van der Waals surface area contributed by atoms with Crippen LogP contribution in [-0.4, -0.2) is 66.2 Å². The van der Waals surface area contributed by atoms with Gasteiger partial charge in [-0.25, -0.2) is 13.1 Å². The van der Waals surface area contributed by atoms with Crippen molar-refractivity contribution in [2.45, 2.75) is 51.1 Å². The van der Waals surface area contributed by atoms with E-state index in [-0.39, 0.29) is 12.5 Å². The highest BCUT2D eigenvalue weighted by Gasteiger charge is 2.32. The van der Waals surface area contributed by atoms with Crippen LogP contribution in [0, 0.1) is 5.92 Å². The summed E-state index contributed by atoms with van der Waals surface area (Å²) in [5, 5.41) is 8.96. The van der Waals surface area contributed by atoms with E-state index in [1.54, 1.807) is 11.8 Å². The fourth-order valence-electron chi connectivity index (χ4n) is 3.27. The van der Waals surface area contributed by atoms with Gasteiger partial charge in [-0.2, -0.15) is 11.8 Å². The second-order valence-corrected chi connectivity index (χ2v) is 9.65. The molecule has 138 valence electrons. The number of nitrogens with one attached hydrogen (secondary N) is 1. The van der Waals surface area contributed by atoms with Crippen molar-refractivity contribution in [1.29, 1.82) is 0 Å². The van der Waals surface area contributed by atoms with Gasteiger partial charge >= 0.3 is 5.97 Å². The van der Waals surface area contributed by atoms with E-state index in [2.05, 4.69) is 11.6 Å². The van der Waals surface area contributed by atoms with Gasteiger partial charge in [0.05, 0.1) is 12.5 Å². The quantitative estimate of drug-likeness (QED) is 0.712. The third-order valence-electron chi connectivity index (χ3n) is 4.63. The highest BCUT2D eigenvalue weighted by molar-refractivity contribution is 7.99. The number of hydrogen-bond acceptors (Lipinski definition) is 5. The van der Waals surface area contributed by atoms with Crippen LogP contribution in [0.25, 0.3) is 0 Å². The number of aliphatic carboxylic acids is 1. The molecule has 9 heteroatoms. The third-order valence-corrected chi connectivity index (χ3v) is 7.04. The molecule has 0 spiro atoms. The minimum absolute atomic E-state index is 0.0919. The Morgan fingerprint density at radius 2 is 1.92 bits per heavy atom. The Kier molecular flexibility index (Phi) is 6.94. The molecule has 1 aliphatic carbocycles. The van der Waals surface area contributed by atoms with Crippen molar-refractivity contribution in [2.75, 3.05) is 23.8 Å². The fourth-order valence-corrected chi connectivity index (χ4v) is 5.65. The maximum Gasteiger partial charge on any atom is 0.305 e. The normalized spacial score (nSPS) is 28.5. The van der Waals surface area contributed by atoms with Gasteiger partial charge < -0.3 is 10.0 Å². The molecule has 1 aliphatic heterocycles. The second-order valence-electron chi connectivity index (χ2n) is 6.75. The molecule has 2 rings (SSSR count). The van der Waals surface area contributed by atoms with E-state index >= 15 is 0 Å².